The van der Waals surface area contributed by atoms with Crippen molar-refractivity contribution in [1.82, 2.24) is 5.32 Å². The first kappa shape index (κ1) is 15.0. The molecule has 0 amide bonds. The minimum atomic E-state index is -1.03. The number of methoxy groups -OCH3 is 1. The molecule has 2 unspecified atom stereocenters. The molecule has 0 saturated carbocycles. The third kappa shape index (κ3) is 2.49. The fourth-order valence-corrected chi connectivity index (χ4v) is 3.13. The van der Waals surface area contributed by atoms with E-state index in [-0.39, 0.29) is 29.1 Å². The zero-order chi connectivity index (χ0) is 15.7. The highest BCUT2D eigenvalue weighted by Crippen LogP contribution is 2.41. The molecule has 1 aromatic rings. The second kappa shape index (κ2) is 6.07. The van der Waals surface area contributed by atoms with Gasteiger partial charge in [-0.1, -0.05) is 0 Å². The van der Waals surface area contributed by atoms with Crippen molar-refractivity contribution >= 4 is 5.69 Å². The van der Waals surface area contributed by atoms with Crippen LogP contribution in [0.4, 0.5) is 14.5 Å². The normalized spacial score (nSPS) is 23.8. The van der Waals surface area contributed by atoms with Gasteiger partial charge in [0.2, 0.25) is 0 Å². The van der Waals surface area contributed by atoms with Gasteiger partial charge in [-0.15, -0.1) is 0 Å². The third-order valence-electron chi connectivity index (χ3n) is 4.08. The highest BCUT2D eigenvalue weighted by molar-refractivity contribution is 5.67. The highest BCUT2D eigenvalue weighted by atomic mass is 19.2. The van der Waals surface area contributed by atoms with Crippen LogP contribution in [0.2, 0.25) is 0 Å². The van der Waals surface area contributed by atoms with Crippen LogP contribution in [-0.2, 0) is 4.74 Å². The van der Waals surface area contributed by atoms with Crippen LogP contribution < -0.4 is 15.0 Å². The Labute approximate surface area is 127 Å². The number of nitrogens with zero attached hydrogens (tertiary/aromatic N) is 2. The third-order valence-corrected chi connectivity index (χ3v) is 4.08. The number of ether oxygens (including phenoxy) is 2. The Morgan fingerprint density at radius 1 is 1.55 bits per heavy atom. The molecule has 0 spiro atoms. The number of benzene rings is 1. The zero-order valence-electron chi connectivity index (χ0n) is 12.2. The summed E-state index contributed by atoms with van der Waals surface area (Å²) in [4.78, 5) is 1.81. The van der Waals surface area contributed by atoms with Crippen molar-refractivity contribution in [3.05, 3.63) is 23.3 Å². The minimum absolute atomic E-state index is 0.00851. The second-order valence-electron chi connectivity index (χ2n) is 5.49. The molecule has 22 heavy (non-hydrogen) atoms. The molecule has 0 bridgehead atoms. The summed E-state index contributed by atoms with van der Waals surface area (Å²) < 4.78 is 39.2. The average molecular weight is 309 g/mol. The van der Waals surface area contributed by atoms with Gasteiger partial charge in [0.25, 0.3) is 0 Å². The molecule has 2 heterocycles. The van der Waals surface area contributed by atoms with E-state index in [1.807, 2.05) is 6.07 Å². The van der Waals surface area contributed by atoms with E-state index in [9.17, 15) is 14.0 Å². The lowest BCUT2D eigenvalue weighted by Gasteiger charge is -2.37. The summed E-state index contributed by atoms with van der Waals surface area (Å²) in [6.45, 7) is 2.18. The van der Waals surface area contributed by atoms with Crippen LogP contribution in [0.5, 0.6) is 5.75 Å². The van der Waals surface area contributed by atoms with Gasteiger partial charge < -0.3 is 19.7 Å². The van der Waals surface area contributed by atoms with Gasteiger partial charge in [-0.3, -0.25) is 0 Å². The van der Waals surface area contributed by atoms with Gasteiger partial charge in [-0.2, -0.15) is 5.26 Å². The first-order valence-electron chi connectivity index (χ1n) is 7.20. The number of nitrogens with one attached hydrogen (secondary N) is 1. The average Bonchev–Trinajstić information content (AvgIpc) is 2.68. The molecule has 2 aliphatic heterocycles. The SMILES string of the molecule is COCC1CC2CNCCN2c2c(F)c(F)cc(C#N)c2O1. The zero-order valence-corrected chi connectivity index (χ0v) is 12.2. The molecule has 0 aromatic heterocycles. The van der Waals surface area contributed by atoms with Crippen LogP contribution in [0, 0.1) is 23.0 Å². The first-order chi connectivity index (χ1) is 10.7. The smallest absolute Gasteiger partial charge is 0.185 e. The van der Waals surface area contributed by atoms with Crippen molar-refractivity contribution in [2.45, 2.75) is 18.6 Å². The molecule has 1 aromatic carbocycles. The van der Waals surface area contributed by atoms with E-state index in [1.54, 1.807) is 12.0 Å². The molecular formula is C15H17F2N3O2. The number of fused-ring (bicyclic) bond motifs is 3. The lowest BCUT2D eigenvalue weighted by molar-refractivity contribution is 0.0743. The van der Waals surface area contributed by atoms with Crippen molar-refractivity contribution in [1.29, 1.82) is 5.26 Å². The lowest BCUT2D eigenvalue weighted by Crippen LogP contribution is -2.52. The largest absolute Gasteiger partial charge is 0.484 e. The van der Waals surface area contributed by atoms with Gasteiger partial charge in [0.15, 0.2) is 17.4 Å². The predicted octanol–water partition coefficient (Wildman–Crippen LogP) is 1.41. The standard InChI is InChI=1S/C15H17F2N3O2/c1-21-8-11-5-10-7-19-2-3-20(10)14-13(17)12(16)4-9(6-18)15(14)22-11/h4,10-11,19H,2-3,5,7-8H2,1H3. The fourth-order valence-electron chi connectivity index (χ4n) is 3.13. The van der Waals surface area contributed by atoms with Crippen LogP contribution in [0.1, 0.15) is 12.0 Å². The maximum Gasteiger partial charge on any atom is 0.185 e. The maximum atomic E-state index is 14.4. The van der Waals surface area contributed by atoms with Crippen molar-refractivity contribution < 1.29 is 18.3 Å². The number of hydrogen-bond donors (Lipinski definition) is 1. The Balaban J connectivity index is 2.14. The molecule has 1 saturated heterocycles. The van der Waals surface area contributed by atoms with Gasteiger partial charge in [-0.25, -0.2) is 8.78 Å². The molecule has 7 heteroatoms. The maximum absolute atomic E-state index is 14.4. The summed E-state index contributed by atoms with van der Waals surface area (Å²) in [6, 6.07) is 2.75. The molecule has 1 N–H and O–H groups in total. The molecule has 1 fully saturated rings. The molecular weight excluding hydrogens is 292 g/mol. The van der Waals surface area contributed by atoms with E-state index in [0.29, 0.717) is 32.7 Å². The van der Waals surface area contributed by atoms with E-state index >= 15 is 0 Å². The number of hydrogen-bond acceptors (Lipinski definition) is 5. The monoisotopic (exact) mass is 309 g/mol. The van der Waals surface area contributed by atoms with Crippen molar-refractivity contribution in [2.24, 2.45) is 0 Å². The molecule has 2 atom stereocenters. The quantitative estimate of drug-likeness (QED) is 0.895. The van der Waals surface area contributed by atoms with E-state index in [4.69, 9.17) is 9.47 Å². The van der Waals surface area contributed by atoms with Crippen molar-refractivity contribution in [3.8, 4) is 11.8 Å². The molecule has 0 radical (unpaired) electrons. The Morgan fingerprint density at radius 2 is 2.36 bits per heavy atom. The number of rotatable bonds is 2. The molecule has 5 nitrogen and oxygen atoms in total. The number of halogens is 2. The van der Waals surface area contributed by atoms with Gasteiger partial charge >= 0.3 is 0 Å². The molecule has 118 valence electrons. The number of piperazine rings is 1. The second-order valence-corrected chi connectivity index (χ2v) is 5.49. The van der Waals surface area contributed by atoms with Gasteiger partial charge in [0.05, 0.1) is 12.2 Å². The van der Waals surface area contributed by atoms with E-state index in [2.05, 4.69) is 5.32 Å². The first-order valence-corrected chi connectivity index (χ1v) is 7.20. The van der Waals surface area contributed by atoms with Gasteiger partial charge in [-0.05, 0) is 6.07 Å². The molecule has 0 aliphatic carbocycles. The number of anilines is 1. The topological polar surface area (TPSA) is 57.5 Å². The van der Waals surface area contributed by atoms with Crippen LogP contribution in [0.3, 0.4) is 0 Å². The highest BCUT2D eigenvalue weighted by Gasteiger charge is 2.36. The van der Waals surface area contributed by atoms with E-state index < -0.39 is 11.6 Å². The fraction of sp³-hybridized carbons (Fsp3) is 0.533. The van der Waals surface area contributed by atoms with Crippen molar-refractivity contribution in [2.75, 3.05) is 38.3 Å². The van der Waals surface area contributed by atoms with Gasteiger partial charge in [0, 0.05) is 39.2 Å². The summed E-state index contributed by atoms with van der Waals surface area (Å²) in [6.07, 6.45) is 0.303. The predicted molar refractivity (Wildman–Crippen MR) is 76.0 cm³/mol. The van der Waals surface area contributed by atoms with Gasteiger partial charge in [0.1, 0.15) is 17.9 Å². The number of nitriles is 1. The summed E-state index contributed by atoms with van der Waals surface area (Å²) >= 11 is 0. The van der Waals surface area contributed by atoms with Crippen LogP contribution in [-0.4, -0.2) is 45.5 Å². The Kier molecular flexibility index (Phi) is 4.14. The Hall–Kier alpha value is -1.91. The molecule has 3 rings (SSSR count). The lowest BCUT2D eigenvalue weighted by atomic mass is 10.0. The van der Waals surface area contributed by atoms with Crippen LogP contribution >= 0.6 is 0 Å². The van der Waals surface area contributed by atoms with E-state index in [0.717, 1.165) is 6.07 Å². The van der Waals surface area contributed by atoms with E-state index in [1.165, 1.54) is 0 Å². The Morgan fingerprint density at radius 3 is 3.09 bits per heavy atom. The van der Waals surface area contributed by atoms with Crippen LogP contribution in [0.25, 0.3) is 0 Å². The molecule has 2 aliphatic rings. The summed E-state index contributed by atoms with van der Waals surface area (Å²) in [5.41, 5.74) is 0.0656. The van der Waals surface area contributed by atoms with Crippen LogP contribution in [0.15, 0.2) is 6.07 Å². The summed E-state index contributed by atoms with van der Waals surface area (Å²) in [5, 5.41) is 12.5. The Bertz CT molecular complexity index is 618. The summed E-state index contributed by atoms with van der Waals surface area (Å²) in [7, 11) is 1.56. The summed E-state index contributed by atoms with van der Waals surface area (Å²) in [5.74, 6) is -1.87. The van der Waals surface area contributed by atoms with Crippen molar-refractivity contribution in [3.63, 3.8) is 0 Å². The minimum Gasteiger partial charge on any atom is -0.484 e.